The van der Waals surface area contributed by atoms with Gasteiger partial charge in [0.2, 0.25) is 0 Å². The van der Waals surface area contributed by atoms with E-state index in [-0.39, 0.29) is 6.61 Å². The van der Waals surface area contributed by atoms with Gasteiger partial charge in [-0.15, -0.1) is 0 Å². The Morgan fingerprint density at radius 3 is 2.88 bits per heavy atom. The summed E-state index contributed by atoms with van der Waals surface area (Å²) in [6.45, 7) is 2.21. The van der Waals surface area contributed by atoms with Crippen LogP contribution in [0.1, 0.15) is 21.9 Å². The minimum atomic E-state index is 0.247. The molecule has 0 spiro atoms. The van der Waals surface area contributed by atoms with Crippen LogP contribution in [0.2, 0.25) is 5.02 Å². The number of aldehydes is 1. The van der Waals surface area contributed by atoms with Crippen LogP contribution in [0.25, 0.3) is 0 Å². The zero-order valence-electron chi connectivity index (χ0n) is 9.27. The molecule has 1 heterocycles. The molecule has 1 aromatic carbocycles. The second-order valence-corrected chi connectivity index (χ2v) is 4.05. The molecule has 17 heavy (non-hydrogen) atoms. The standard InChI is InChI=1S/C13H11ClO3/c1-9-2-5-12(14)13(6-9)16-8-11-4-3-10(7-15)17-11/h2-7H,8H2,1H3. The van der Waals surface area contributed by atoms with Gasteiger partial charge in [-0.05, 0) is 36.8 Å². The summed E-state index contributed by atoms with van der Waals surface area (Å²) in [5.41, 5.74) is 1.07. The lowest BCUT2D eigenvalue weighted by molar-refractivity contribution is 0.109. The van der Waals surface area contributed by atoms with Crippen molar-refractivity contribution in [2.45, 2.75) is 13.5 Å². The number of halogens is 1. The number of rotatable bonds is 4. The van der Waals surface area contributed by atoms with Crippen molar-refractivity contribution in [1.29, 1.82) is 0 Å². The molecule has 2 rings (SSSR count). The molecule has 0 saturated heterocycles. The molecule has 0 radical (unpaired) electrons. The van der Waals surface area contributed by atoms with E-state index < -0.39 is 0 Å². The Hall–Kier alpha value is -1.74. The SMILES string of the molecule is Cc1ccc(Cl)c(OCc2ccc(C=O)o2)c1. The number of hydrogen-bond donors (Lipinski definition) is 0. The molecule has 0 fully saturated rings. The largest absolute Gasteiger partial charge is 0.484 e. The molecule has 88 valence electrons. The molecule has 0 aliphatic heterocycles. The molecule has 0 N–H and O–H groups in total. The monoisotopic (exact) mass is 250 g/mol. The third kappa shape index (κ3) is 2.88. The predicted molar refractivity (Wildman–Crippen MR) is 64.6 cm³/mol. The molecule has 0 saturated carbocycles. The number of carbonyl (C=O) groups excluding carboxylic acids is 1. The normalized spacial score (nSPS) is 10.2. The third-order valence-electron chi connectivity index (χ3n) is 2.26. The van der Waals surface area contributed by atoms with Crippen molar-refractivity contribution in [2.24, 2.45) is 0 Å². The summed E-state index contributed by atoms with van der Waals surface area (Å²) >= 11 is 5.98. The Balaban J connectivity index is 2.06. The van der Waals surface area contributed by atoms with E-state index >= 15 is 0 Å². The lowest BCUT2D eigenvalue weighted by Crippen LogP contribution is -1.94. The van der Waals surface area contributed by atoms with Crippen LogP contribution >= 0.6 is 11.6 Å². The maximum Gasteiger partial charge on any atom is 0.185 e. The van der Waals surface area contributed by atoms with Crippen LogP contribution in [0.3, 0.4) is 0 Å². The fourth-order valence-corrected chi connectivity index (χ4v) is 1.58. The van der Waals surface area contributed by atoms with Crippen LogP contribution in [0, 0.1) is 6.92 Å². The summed E-state index contributed by atoms with van der Waals surface area (Å²) < 4.78 is 10.7. The van der Waals surface area contributed by atoms with Gasteiger partial charge in [0.15, 0.2) is 12.0 Å². The predicted octanol–water partition coefficient (Wildman–Crippen LogP) is 3.63. The minimum absolute atomic E-state index is 0.247. The van der Waals surface area contributed by atoms with Crippen LogP contribution in [0.15, 0.2) is 34.7 Å². The van der Waals surface area contributed by atoms with Crippen molar-refractivity contribution in [3.63, 3.8) is 0 Å². The van der Waals surface area contributed by atoms with E-state index in [9.17, 15) is 4.79 Å². The summed E-state index contributed by atoms with van der Waals surface area (Å²) in [7, 11) is 0. The lowest BCUT2D eigenvalue weighted by Gasteiger charge is -2.07. The Bertz CT molecular complexity index is 531. The van der Waals surface area contributed by atoms with Crippen LogP contribution in [-0.4, -0.2) is 6.29 Å². The van der Waals surface area contributed by atoms with Gasteiger partial charge in [0.05, 0.1) is 5.02 Å². The van der Waals surface area contributed by atoms with Crippen molar-refractivity contribution < 1.29 is 13.9 Å². The fourth-order valence-electron chi connectivity index (χ4n) is 1.41. The summed E-state index contributed by atoms with van der Waals surface area (Å²) in [5, 5.41) is 0.553. The topological polar surface area (TPSA) is 39.4 Å². The summed E-state index contributed by atoms with van der Waals surface area (Å²) in [4.78, 5) is 10.4. The molecule has 0 bridgehead atoms. The maximum atomic E-state index is 10.4. The van der Waals surface area contributed by atoms with E-state index in [4.69, 9.17) is 20.8 Å². The molecule has 4 heteroatoms. The molecule has 0 atom stereocenters. The number of ether oxygens (including phenoxy) is 1. The van der Waals surface area contributed by atoms with Gasteiger partial charge in [-0.3, -0.25) is 4.79 Å². The second kappa shape index (κ2) is 5.06. The van der Waals surface area contributed by atoms with E-state index in [1.807, 2.05) is 19.1 Å². The zero-order valence-corrected chi connectivity index (χ0v) is 10.0. The molecule has 0 aliphatic rings. The highest BCUT2D eigenvalue weighted by Gasteiger charge is 2.05. The Morgan fingerprint density at radius 2 is 2.18 bits per heavy atom. The Morgan fingerprint density at radius 1 is 1.35 bits per heavy atom. The number of carbonyl (C=O) groups is 1. The average Bonchev–Trinajstić information content (AvgIpc) is 2.78. The minimum Gasteiger partial charge on any atom is -0.484 e. The number of aryl methyl sites for hydroxylation is 1. The van der Waals surface area contributed by atoms with Gasteiger partial charge in [0.1, 0.15) is 18.1 Å². The van der Waals surface area contributed by atoms with Gasteiger partial charge in [-0.25, -0.2) is 0 Å². The smallest absolute Gasteiger partial charge is 0.185 e. The Kier molecular flexibility index (Phi) is 3.49. The molecule has 3 nitrogen and oxygen atoms in total. The Labute approximate surface area is 104 Å². The molecule has 2 aromatic rings. The number of benzene rings is 1. The molecule has 0 aliphatic carbocycles. The van der Waals surface area contributed by atoms with Gasteiger partial charge in [0.25, 0.3) is 0 Å². The molecule has 0 unspecified atom stereocenters. The van der Waals surface area contributed by atoms with Gasteiger partial charge < -0.3 is 9.15 Å². The quantitative estimate of drug-likeness (QED) is 0.778. The first kappa shape index (κ1) is 11.7. The number of hydrogen-bond acceptors (Lipinski definition) is 3. The highest BCUT2D eigenvalue weighted by Crippen LogP contribution is 2.26. The van der Waals surface area contributed by atoms with E-state index in [0.29, 0.717) is 28.6 Å². The van der Waals surface area contributed by atoms with Crippen LogP contribution in [0.5, 0.6) is 5.75 Å². The summed E-state index contributed by atoms with van der Waals surface area (Å²) in [6.07, 6.45) is 0.656. The van der Waals surface area contributed by atoms with E-state index in [2.05, 4.69) is 0 Å². The lowest BCUT2D eigenvalue weighted by atomic mass is 10.2. The molecular formula is C13H11ClO3. The average molecular weight is 251 g/mol. The van der Waals surface area contributed by atoms with Crippen LogP contribution < -0.4 is 4.74 Å². The van der Waals surface area contributed by atoms with Crippen molar-refractivity contribution in [3.8, 4) is 5.75 Å². The highest BCUT2D eigenvalue weighted by atomic mass is 35.5. The van der Waals surface area contributed by atoms with Crippen molar-refractivity contribution in [2.75, 3.05) is 0 Å². The first-order valence-corrected chi connectivity index (χ1v) is 5.49. The maximum absolute atomic E-state index is 10.4. The number of furan rings is 1. The van der Waals surface area contributed by atoms with Gasteiger partial charge in [0, 0.05) is 0 Å². The summed E-state index contributed by atoms with van der Waals surface area (Å²) in [5.74, 6) is 1.49. The van der Waals surface area contributed by atoms with E-state index in [1.54, 1.807) is 18.2 Å². The van der Waals surface area contributed by atoms with Crippen molar-refractivity contribution in [3.05, 3.63) is 52.4 Å². The molecular weight excluding hydrogens is 240 g/mol. The fraction of sp³-hybridized carbons (Fsp3) is 0.154. The third-order valence-corrected chi connectivity index (χ3v) is 2.57. The van der Waals surface area contributed by atoms with E-state index in [0.717, 1.165) is 5.56 Å². The highest BCUT2D eigenvalue weighted by molar-refractivity contribution is 6.32. The molecule has 0 amide bonds. The van der Waals surface area contributed by atoms with Gasteiger partial charge in [-0.2, -0.15) is 0 Å². The van der Waals surface area contributed by atoms with Crippen molar-refractivity contribution >= 4 is 17.9 Å². The van der Waals surface area contributed by atoms with Crippen molar-refractivity contribution in [1.82, 2.24) is 0 Å². The van der Waals surface area contributed by atoms with Crippen LogP contribution in [0.4, 0.5) is 0 Å². The summed E-state index contributed by atoms with van der Waals surface area (Å²) in [6, 6.07) is 8.85. The zero-order chi connectivity index (χ0) is 12.3. The second-order valence-electron chi connectivity index (χ2n) is 3.64. The first-order valence-electron chi connectivity index (χ1n) is 5.12. The first-order chi connectivity index (χ1) is 8.19. The van der Waals surface area contributed by atoms with Gasteiger partial charge >= 0.3 is 0 Å². The van der Waals surface area contributed by atoms with Gasteiger partial charge in [-0.1, -0.05) is 17.7 Å². The molecule has 1 aromatic heterocycles. The van der Waals surface area contributed by atoms with E-state index in [1.165, 1.54) is 0 Å². The van der Waals surface area contributed by atoms with Crippen LogP contribution in [-0.2, 0) is 6.61 Å².